The lowest BCUT2D eigenvalue weighted by molar-refractivity contribution is 0.0527. The van der Waals surface area contributed by atoms with Crippen LogP contribution in [0.5, 0.6) is 0 Å². The van der Waals surface area contributed by atoms with Crippen LogP contribution in [0.3, 0.4) is 0 Å². The molecule has 2 amide bonds. The highest BCUT2D eigenvalue weighted by Gasteiger charge is 2.21. The van der Waals surface area contributed by atoms with Crippen molar-refractivity contribution in [1.82, 2.24) is 4.98 Å². The minimum absolute atomic E-state index is 0.268. The third-order valence-corrected chi connectivity index (χ3v) is 5.01. The second-order valence-corrected chi connectivity index (χ2v) is 7.07. The normalized spacial score (nSPS) is 10.4. The molecule has 7 heteroatoms. The van der Waals surface area contributed by atoms with E-state index in [0.29, 0.717) is 22.9 Å². The van der Waals surface area contributed by atoms with Gasteiger partial charge < -0.3 is 10.1 Å². The molecule has 0 spiro atoms. The molecule has 0 atom stereocenters. The number of rotatable bonds is 7. The van der Waals surface area contributed by atoms with E-state index in [1.807, 2.05) is 42.6 Å². The van der Waals surface area contributed by atoms with Gasteiger partial charge in [-0.15, -0.1) is 11.3 Å². The number of carbonyl (C=O) groups excluding carboxylic acids is 2. The van der Waals surface area contributed by atoms with Crippen molar-refractivity contribution in [2.75, 3.05) is 23.4 Å². The molecule has 29 heavy (non-hydrogen) atoms. The van der Waals surface area contributed by atoms with Gasteiger partial charge in [-0.05, 0) is 25.5 Å². The first-order valence-corrected chi connectivity index (χ1v) is 10.4. The van der Waals surface area contributed by atoms with Crippen LogP contribution in [0.25, 0.3) is 11.3 Å². The monoisotopic (exact) mass is 409 g/mol. The predicted octanol–water partition coefficient (Wildman–Crippen LogP) is 5.44. The topological polar surface area (TPSA) is 71.5 Å². The van der Waals surface area contributed by atoms with Crippen LogP contribution in [-0.4, -0.2) is 30.1 Å². The number of thiazole rings is 1. The largest absolute Gasteiger partial charge is 0.462 e. The maximum Gasteiger partial charge on any atom is 0.340 e. The fourth-order valence-electron chi connectivity index (χ4n) is 2.80. The Bertz CT molecular complexity index is 972. The van der Waals surface area contributed by atoms with Crippen molar-refractivity contribution in [1.29, 1.82) is 0 Å². The van der Waals surface area contributed by atoms with E-state index in [-0.39, 0.29) is 12.6 Å². The van der Waals surface area contributed by atoms with Crippen LogP contribution in [0, 0.1) is 0 Å². The lowest BCUT2D eigenvalue weighted by Crippen LogP contribution is -2.36. The standard InChI is InChI=1S/C22H23N3O3S/c1-3-14-25(22-24-19(15-29-22)16-10-6-5-7-11-16)21(27)23-18-13-9-8-12-17(18)20(26)28-4-2/h5-13,15H,3-4,14H2,1-2H3,(H,23,27). The lowest BCUT2D eigenvalue weighted by Gasteiger charge is -2.20. The Hall–Kier alpha value is -3.19. The highest BCUT2D eigenvalue weighted by atomic mass is 32.1. The van der Waals surface area contributed by atoms with Gasteiger partial charge in [-0.3, -0.25) is 4.90 Å². The Kier molecular flexibility index (Phi) is 6.97. The Labute approximate surface area is 174 Å². The van der Waals surface area contributed by atoms with Gasteiger partial charge in [0, 0.05) is 17.5 Å². The van der Waals surface area contributed by atoms with Crippen LogP contribution in [-0.2, 0) is 4.74 Å². The molecule has 0 fully saturated rings. The number of urea groups is 1. The highest BCUT2D eigenvalue weighted by molar-refractivity contribution is 7.14. The fourth-order valence-corrected chi connectivity index (χ4v) is 3.66. The molecule has 0 bridgehead atoms. The number of nitrogens with one attached hydrogen (secondary N) is 1. The van der Waals surface area contributed by atoms with Crippen LogP contribution < -0.4 is 10.2 Å². The number of para-hydroxylation sites is 1. The number of aromatic nitrogens is 1. The van der Waals surface area contributed by atoms with Crippen molar-refractivity contribution in [2.45, 2.75) is 20.3 Å². The number of nitrogens with zero attached hydrogens (tertiary/aromatic N) is 2. The van der Waals surface area contributed by atoms with Gasteiger partial charge in [0.05, 0.1) is 23.6 Å². The van der Waals surface area contributed by atoms with E-state index < -0.39 is 5.97 Å². The van der Waals surface area contributed by atoms with Crippen molar-refractivity contribution < 1.29 is 14.3 Å². The van der Waals surface area contributed by atoms with E-state index in [1.165, 1.54) is 11.3 Å². The smallest absolute Gasteiger partial charge is 0.340 e. The predicted molar refractivity (Wildman–Crippen MR) is 117 cm³/mol. The van der Waals surface area contributed by atoms with Crippen LogP contribution in [0.1, 0.15) is 30.6 Å². The van der Waals surface area contributed by atoms with Gasteiger partial charge in [0.1, 0.15) is 0 Å². The Balaban J connectivity index is 1.83. The Morgan fingerprint density at radius 1 is 1.07 bits per heavy atom. The summed E-state index contributed by atoms with van der Waals surface area (Å²) >= 11 is 1.41. The van der Waals surface area contributed by atoms with Crippen LogP contribution in [0.15, 0.2) is 60.0 Å². The van der Waals surface area contributed by atoms with Crippen molar-refractivity contribution in [3.8, 4) is 11.3 Å². The summed E-state index contributed by atoms with van der Waals surface area (Å²) in [6.07, 6.45) is 0.771. The highest BCUT2D eigenvalue weighted by Crippen LogP contribution is 2.28. The van der Waals surface area contributed by atoms with Crippen molar-refractivity contribution in [2.24, 2.45) is 0 Å². The molecular weight excluding hydrogens is 386 g/mol. The second kappa shape index (κ2) is 9.84. The zero-order valence-electron chi connectivity index (χ0n) is 16.4. The van der Waals surface area contributed by atoms with E-state index in [4.69, 9.17) is 4.74 Å². The molecule has 2 aromatic carbocycles. The van der Waals surface area contributed by atoms with Gasteiger partial charge in [0.15, 0.2) is 5.13 Å². The van der Waals surface area contributed by atoms with Crippen LogP contribution in [0.4, 0.5) is 15.6 Å². The summed E-state index contributed by atoms with van der Waals surface area (Å²) in [5.41, 5.74) is 2.56. The zero-order chi connectivity index (χ0) is 20.6. The molecule has 0 aliphatic carbocycles. The van der Waals surface area contributed by atoms with Gasteiger partial charge >= 0.3 is 12.0 Å². The average Bonchev–Trinajstić information content (AvgIpc) is 3.23. The third kappa shape index (κ3) is 5.00. The summed E-state index contributed by atoms with van der Waals surface area (Å²) in [6, 6.07) is 16.3. The number of benzene rings is 2. The molecule has 0 saturated carbocycles. The fraction of sp³-hybridized carbons (Fsp3) is 0.227. The molecule has 0 aliphatic rings. The summed E-state index contributed by atoms with van der Waals surface area (Å²) in [5.74, 6) is -0.467. The Morgan fingerprint density at radius 2 is 1.79 bits per heavy atom. The second-order valence-electron chi connectivity index (χ2n) is 6.23. The Morgan fingerprint density at radius 3 is 2.52 bits per heavy atom. The molecule has 3 rings (SSSR count). The SMILES string of the molecule is CCCN(C(=O)Nc1ccccc1C(=O)OCC)c1nc(-c2ccccc2)cs1. The average molecular weight is 410 g/mol. The summed E-state index contributed by atoms with van der Waals surface area (Å²) in [5, 5.41) is 5.38. The number of esters is 1. The summed E-state index contributed by atoms with van der Waals surface area (Å²) < 4.78 is 5.08. The first-order chi connectivity index (χ1) is 14.1. The molecule has 0 unspecified atom stereocenters. The van der Waals surface area contributed by atoms with E-state index in [9.17, 15) is 9.59 Å². The molecule has 1 aromatic heterocycles. The van der Waals surface area contributed by atoms with E-state index in [0.717, 1.165) is 17.7 Å². The van der Waals surface area contributed by atoms with Gasteiger partial charge in [0.25, 0.3) is 0 Å². The van der Waals surface area contributed by atoms with E-state index in [2.05, 4.69) is 10.3 Å². The third-order valence-electron chi connectivity index (χ3n) is 4.15. The van der Waals surface area contributed by atoms with Crippen LogP contribution in [0.2, 0.25) is 0 Å². The number of carbonyl (C=O) groups is 2. The number of hydrogen-bond acceptors (Lipinski definition) is 5. The van der Waals surface area contributed by atoms with Gasteiger partial charge in [-0.2, -0.15) is 0 Å². The molecule has 0 radical (unpaired) electrons. The number of hydrogen-bond donors (Lipinski definition) is 1. The first-order valence-electron chi connectivity index (χ1n) is 9.49. The first kappa shape index (κ1) is 20.5. The maximum atomic E-state index is 13.0. The lowest BCUT2D eigenvalue weighted by atomic mass is 10.2. The number of anilines is 2. The molecular formula is C22H23N3O3S. The minimum Gasteiger partial charge on any atom is -0.462 e. The molecule has 6 nitrogen and oxygen atoms in total. The van der Waals surface area contributed by atoms with Crippen LogP contribution >= 0.6 is 11.3 Å². The molecule has 150 valence electrons. The molecule has 3 aromatic rings. The van der Waals surface area contributed by atoms with Crippen molar-refractivity contribution in [3.05, 3.63) is 65.5 Å². The van der Waals surface area contributed by atoms with E-state index in [1.54, 1.807) is 36.1 Å². The zero-order valence-corrected chi connectivity index (χ0v) is 17.2. The molecule has 1 N–H and O–H groups in total. The maximum absolute atomic E-state index is 13.0. The molecule has 0 saturated heterocycles. The summed E-state index contributed by atoms with van der Waals surface area (Å²) in [4.78, 5) is 31.4. The summed E-state index contributed by atoms with van der Waals surface area (Å²) in [7, 11) is 0. The minimum atomic E-state index is -0.467. The van der Waals surface area contributed by atoms with Gasteiger partial charge in [-0.1, -0.05) is 49.4 Å². The van der Waals surface area contributed by atoms with E-state index >= 15 is 0 Å². The van der Waals surface area contributed by atoms with Gasteiger partial charge in [0.2, 0.25) is 0 Å². The number of ether oxygens (including phenoxy) is 1. The molecule has 0 aliphatic heterocycles. The summed E-state index contributed by atoms with van der Waals surface area (Å²) in [6.45, 7) is 4.52. The van der Waals surface area contributed by atoms with Crippen molar-refractivity contribution >= 4 is 34.2 Å². The number of amides is 2. The van der Waals surface area contributed by atoms with Crippen molar-refractivity contribution in [3.63, 3.8) is 0 Å². The molecule has 1 heterocycles. The quantitative estimate of drug-likeness (QED) is 0.528. The van der Waals surface area contributed by atoms with Gasteiger partial charge in [-0.25, -0.2) is 14.6 Å².